The van der Waals surface area contributed by atoms with Crippen LogP contribution in [0.1, 0.15) is 103 Å². The lowest BCUT2D eigenvalue weighted by atomic mass is 9.80. The monoisotopic (exact) mass is 448 g/mol. The molecule has 0 amide bonds. The van der Waals surface area contributed by atoms with Crippen molar-refractivity contribution in [2.45, 2.75) is 105 Å². The SMILES string of the molecule is CCc1cc(-c2ccc(CCC3CCC(C)CC3)cc2)cc(CC)c1OCCC(CC)CC. The second-order valence-electron chi connectivity index (χ2n) is 10.5. The van der Waals surface area contributed by atoms with Gasteiger partial charge < -0.3 is 4.74 Å². The van der Waals surface area contributed by atoms with Crippen LogP contribution in [0.25, 0.3) is 11.1 Å². The maximum atomic E-state index is 6.39. The van der Waals surface area contributed by atoms with Gasteiger partial charge >= 0.3 is 0 Å². The summed E-state index contributed by atoms with van der Waals surface area (Å²) in [7, 11) is 0. The number of aryl methyl sites for hydroxylation is 3. The van der Waals surface area contributed by atoms with Crippen LogP contribution in [0.5, 0.6) is 5.75 Å². The topological polar surface area (TPSA) is 9.23 Å². The average Bonchev–Trinajstić information content (AvgIpc) is 2.86. The highest BCUT2D eigenvalue weighted by molar-refractivity contribution is 5.68. The minimum absolute atomic E-state index is 0.777. The van der Waals surface area contributed by atoms with Crippen LogP contribution in [0.2, 0.25) is 0 Å². The van der Waals surface area contributed by atoms with E-state index in [0.29, 0.717) is 0 Å². The average molecular weight is 449 g/mol. The van der Waals surface area contributed by atoms with Crippen LogP contribution in [-0.4, -0.2) is 6.61 Å². The Balaban J connectivity index is 1.66. The lowest BCUT2D eigenvalue weighted by Crippen LogP contribution is -2.12. The van der Waals surface area contributed by atoms with Gasteiger partial charge in [0.15, 0.2) is 0 Å². The van der Waals surface area contributed by atoms with Crippen molar-refractivity contribution in [1.29, 1.82) is 0 Å². The fourth-order valence-electron chi connectivity index (χ4n) is 5.51. The molecule has 0 heterocycles. The van der Waals surface area contributed by atoms with Gasteiger partial charge in [-0.05, 0) is 89.8 Å². The lowest BCUT2D eigenvalue weighted by Gasteiger charge is -2.26. The molecule has 3 rings (SSSR count). The van der Waals surface area contributed by atoms with Crippen LogP contribution >= 0.6 is 0 Å². The van der Waals surface area contributed by atoms with Gasteiger partial charge in [0.05, 0.1) is 6.61 Å². The van der Waals surface area contributed by atoms with E-state index in [1.807, 2.05) is 0 Å². The molecule has 0 spiro atoms. The molecule has 1 heteroatoms. The van der Waals surface area contributed by atoms with Crippen LogP contribution in [0.15, 0.2) is 36.4 Å². The van der Waals surface area contributed by atoms with Crippen LogP contribution < -0.4 is 4.74 Å². The zero-order valence-electron chi connectivity index (χ0n) is 22.1. The molecule has 2 aromatic carbocycles. The summed E-state index contributed by atoms with van der Waals surface area (Å²) in [6.45, 7) is 12.3. The van der Waals surface area contributed by atoms with Crippen LogP contribution in [0.4, 0.5) is 0 Å². The number of hydrogen-bond donors (Lipinski definition) is 0. The van der Waals surface area contributed by atoms with Gasteiger partial charge in [-0.1, -0.05) is 97.4 Å². The van der Waals surface area contributed by atoms with Crippen molar-refractivity contribution in [2.24, 2.45) is 17.8 Å². The zero-order valence-corrected chi connectivity index (χ0v) is 22.1. The first-order chi connectivity index (χ1) is 16.1. The number of rotatable bonds is 12. The normalized spacial score (nSPS) is 18.6. The highest BCUT2D eigenvalue weighted by Crippen LogP contribution is 2.34. The molecular weight excluding hydrogens is 400 g/mol. The molecule has 0 unspecified atom stereocenters. The predicted octanol–water partition coefficient (Wildman–Crippen LogP) is 9.44. The van der Waals surface area contributed by atoms with E-state index in [2.05, 4.69) is 71.0 Å². The molecule has 0 bridgehead atoms. The molecule has 0 saturated heterocycles. The molecule has 1 aliphatic rings. The molecule has 1 saturated carbocycles. The molecule has 1 fully saturated rings. The number of hydrogen-bond acceptors (Lipinski definition) is 1. The Kier molecular flexibility index (Phi) is 10.4. The van der Waals surface area contributed by atoms with E-state index in [-0.39, 0.29) is 0 Å². The second-order valence-corrected chi connectivity index (χ2v) is 10.5. The summed E-state index contributed by atoms with van der Waals surface area (Å²) in [4.78, 5) is 0. The molecule has 182 valence electrons. The summed E-state index contributed by atoms with van der Waals surface area (Å²) in [5, 5.41) is 0. The third-order valence-corrected chi connectivity index (χ3v) is 8.20. The molecular formula is C32H48O. The first-order valence-electron chi connectivity index (χ1n) is 14.0. The van der Waals surface area contributed by atoms with Gasteiger partial charge in [0.2, 0.25) is 0 Å². The quantitative estimate of drug-likeness (QED) is 0.314. The molecule has 33 heavy (non-hydrogen) atoms. The summed E-state index contributed by atoms with van der Waals surface area (Å²) in [6.07, 6.45) is 14.0. The summed E-state index contributed by atoms with van der Waals surface area (Å²) < 4.78 is 6.39. The Bertz CT molecular complexity index is 797. The highest BCUT2D eigenvalue weighted by Gasteiger charge is 2.18. The first-order valence-corrected chi connectivity index (χ1v) is 14.0. The maximum absolute atomic E-state index is 6.39. The Hall–Kier alpha value is -1.76. The third kappa shape index (κ3) is 7.36. The van der Waals surface area contributed by atoms with Crippen molar-refractivity contribution >= 4 is 0 Å². The van der Waals surface area contributed by atoms with Crippen LogP contribution in [-0.2, 0) is 19.3 Å². The molecule has 1 nitrogen and oxygen atoms in total. The Labute approximate surface area is 204 Å². The molecule has 0 atom stereocenters. The van der Waals surface area contributed by atoms with Gasteiger partial charge in [0.25, 0.3) is 0 Å². The van der Waals surface area contributed by atoms with E-state index in [4.69, 9.17) is 4.74 Å². The van der Waals surface area contributed by atoms with Crippen molar-refractivity contribution < 1.29 is 4.74 Å². The summed E-state index contributed by atoms with van der Waals surface area (Å²) in [5.74, 6) is 3.81. The van der Waals surface area contributed by atoms with E-state index in [1.165, 1.54) is 79.2 Å². The fraction of sp³-hybridized carbons (Fsp3) is 0.625. The minimum Gasteiger partial charge on any atom is -0.493 e. The van der Waals surface area contributed by atoms with Gasteiger partial charge in [0, 0.05) is 0 Å². The van der Waals surface area contributed by atoms with E-state index in [0.717, 1.165) is 49.4 Å². The lowest BCUT2D eigenvalue weighted by molar-refractivity contribution is 0.268. The smallest absolute Gasteiger partial charge is 0.125 e. The van der Waals surface area contributed by atoms with Gasteiger partial charge in [-0.2, -0.15) is 0 Å². The summed E-state index contributed by atoms with van der Waals surface area (Å²) >= 11 is 0. The maximum Gasteiger partial charge on any atom is 0.125 e. The second kappa shape index (κ2) is 13.2. The van der Waals surface area contributed by atoms with Crippen molar-refractivity contribution in [1.82, 2.24) is 0 Å². The molecule has 0 aliphatic heterocycles. The van der Waals surface area contributed by atoms with Crippen molar-refractivity contribution in [3.8, 4) is 16.9 Å². The standard InChI is InChI=1S/C32H48O/c1-6-25(7-2)20-21-33-32-28(8-3)22-31(23-29(32)9-4)30-18-16-27(17-19-30)15-14-26-12-10-24(5)11-13-26/h16-19,22-26H,6-15,20-21H2,1-5H3. The van der Waals surface area contributed by atoms with Crippen molar-refractivity contribution in [3.05, 3.63) is 53.1 Å². The van der Waals surface area contributed by atoms with E-state index >= 15 is 0 Å². The third-order valence-electron chi connectivity index (χ3n) is 8.20. The van der Waals surface area contributed by atoms with E-state index in [1.54, 1.807) is 0 Å². The van der Waals surface area contributed by atoms with E-state index < -0.39 is 0 Å². The van der Waals surface area contributed by atoms with Crippen LogP contribution in [0.3, 0.4) is 0 Å². The Morgan fingerprint density at radius 1 is 0.818 bits per heavy atom. The predicted molar refractivity (Wildman–Crippen MR) is 144 cm³/mol. The van der Waals surface area contributed by atoms with Gasteiger partial charge in [-0.3, -0.25) is 0 Å². The fourth-order valence-corrected chi connectivity index (χ4v) is 5.51. The summed E-state index contributed by atoms with van der Waals surface area (Å²) in [6, 6.07) is 14.1. The highest BCUT2D eigenvalue weighted by atomic mass is 16.5. The molecule has 0 aromatic heterocycles. The number of ether oxygens (including phenoxy) is 1. The van der Waals surface area contributed by atoms with Gasteiger partial charge in [0.1, 0.15) is 5.75 Å². The van der Waals surface area contributed by atoms with Crippen molar-refractivity contribution in [2.75, 3.05) is 6.61 Å². The zero-order chi connectivity index (χ0) is 23.6. The van der Waals surface area contributed by atoms with Gasteiger partial charge in [-0.25, -0.2) is 0 Å². The first kappa shape index (κ1) is 25.9. The largest absolute Gasteiger partial charge is 0.493 e. The molecule has 0 radical (unpaired) electrons. The molecule has 0 N–H and O–H groups in total. The van der Waals surface area contributed by atoms with Crippen LogP contribution in [0, 0.1) is 17.8 Å². The Morgan fingerprint density at radius 2 is 1.42 bits per heavy atom. The molecule has 2 aromatic rings. The van der Waals surface area contributed by atoms with Crippen molar-refractivity contribution in [3.63, 3.8) is 0 Å². The summed E-state index contributed by atoms with van der Waals surface area (Å²) in [5.41, 5.74) is 6.86. The minimum atomic E-state index is 0.777. The van der Waals surface area contributed by atoms with Gasteiger partial charge in [-0.15, -0.1) is 0 Å². The van der Waals surface area contributed by atoms with E-state index in [9.17, 15) is 0 Å². The Morgan fingerprint density at radius 3 is 1.97 bits per heavy atom. The number of benzene rings is 2. The molecule has 1 aliphatic carbocycles.